The lowest BCUT2D eigenvalue weighted by atomic mass is 9.63. The summed E-state index contributed by atoms with van der Waals surface area (Å²) in [5.41, 5.74) is 6.59. The lowest BCUT2D eigenvalue weighted by Crippen LogP contribution is -2.55. The summed E-state index contributed by atoms with van der Waals surface area (Å²) in [5.74, 6) is 1.52. The summed E-state index contributed by atoms with van der Waals surface area (Å²) in [6.07, 6.45) is 12.4. The van der Waals surface area contributed by atoms with Crippen molar-refractivity contribution in [2.24, 2.45) is 22.1 Å². The van der Waals surface area contributed by atoms with E-state index in [1.165, 1.54) is 57.8 Å². The van der Waals surface area contributed by atoms with Gasteiger partial charge in [0.25, 0.3) is 0 Å². The Morgan fingerprint density at radius 1 is 1.12 bits per heavy atom. The minimum absolute atomic E-state index is 0.594. The van der Waals surface area contributed by atoms with Crippen molar-refractivity contribution in [2.45, 2.75) is 63.8 Å². The molecule has 0 aromatic carbocycles. The van der Waals surface area contributed by atoms with E-state index in [4.69, 9.17) is 5.73 Å². The molecule has 0 aromatic heterocycles. The van der Waals surface area contributed by atoms with Gasteiger partial charge in [-0.1, -0.05) is 19.3 Å². The van der Waals surface area contributed by atoms with Crippen LogP contribution in [0.4, 0.5) is 0 Å². The van der Waals surface area contributed by atoms with Gasteiger partial charge in [-0.15, -0.1) is 0 Å². The van der Waals surface area contributed by atoms with E-state index in [0.717, 1.165) is 12.5 Å². The van der Waals surface area contributed by atoms with Crippen molar-refractivity contribution >= 4 is 5.96 Å². The van der Waals surface area contributed by atoms with Crippen LogP contribution in [0.15, 0.2) is 4.99 Å². The van der Waals surface area contributed by atoms with Crippen LogP contribution in [-0.4, -0.2) is 18.5 Å². The highest BCUT2D eigenvalue weighted by molar-refractivity contribution is 5.78. The van der Waals surface area contributed by atoms with Crippen LogP contribution in [0.25, 0.3) is 0 Å². The summed E-state index contributed by atoms with van der Waals surface area (Å²) in [7, 11) is 0. The minimum atomic E-state index is 0.594. The van der Waals surface area contributed by atoms with Crippen molar-refractivity contribution in [2.75, 3.05) is 6.54 Å². The topological polar surface area (TPSA) is 50.4 Å². The molecule has 3 fully saturated rings. The molecule has 0 aromatic rings. The largest absolute Gasteiger partial charge is 0.370 e. The van der Waals surface area contributed by atoms with Crippen LogP contribution in [0.2, 0.25) is 0 Å². The normalized spacial score (nSPS) is 32.2. The van der Waals surface area contributed by atoms with Crippen LogP contribution in [0, 0.1) is 11.3 Å². The Hall–Kier alpha value is -0.730. The summed E-state index contributed by atoms with van der Waals surface area (Å²) in [6, 6.07) is 0.621. The predicted molar refractivity (Wildman–Crippen MR) is 70.9 cm³/mol. The number of guanidine groups is 1. The first-order valence-electron chi connectivity index (χ1n) is 7.35. The Morgan fingerprint density at radius 2 is 1.88 bits per heavy atom. The molecule has 17 heavy (non-hydrogen) atoms. The van der Waals surface area contributed by atoms with Crippen molar-refractivity contribution in [1.82, 2.24) is 5.32 Å². The third-order valence-electron chi connectivity index (χ3n) is 5.34. The van der Waals surface area contributed by atoms with E-state index in [0.29, 0.717) is 17.4 Å². The Kier molecular flexibility index (Phi) is 3.01. The number of nitrogens with zero attached hydrogens (tertiary/aromatic N) is 1. The van der Waals surface area contributed by atoms with Gasteiger partial charge in [0.15, 0.2) is 5.96 Å². The van der Waals surface area contributed by atoms with Gasteiger partial charge < -0.3 is 11.1 Å². The SMILES string of the molecule is NC(=NCC1CCC1)NC1CCC12CCCC2. The smallest absolute Gasteiger partial charge is 0.188 e. The van der Waals surface area contributed by atoms with E-state index in [1.807, 2.05) is 0 Å². The van der Waals surface area contributed by atoms with Crippen molar-refractivity contribution in [1.29, 1.82) is 0 Å². The molecule has 96 valence electrons. The highest BCUT2D eigenvalue weighted by Gasteiger charge is 2.48. The van der Waals surface area contributed by atoms with E-state index in [9.17, 15) is 0 Å². The first kappa shape index (κ1) is 11.4. The fourth-order valence-electron chi connectivity index (χ4n) is 3.73. The maximum atomic E-state index is 6.00. The molecule has 0 saturated heterocycles. The molecule has 3 saturated carbocycles. The van der Waals surface area contributed by atoms with Crippen LogP contribution in [0.1, 0.15) is 57.8 Å². The monoisotopic (exact) mass is 235 g/mol. The van der Waals surface area contributed by atoms with Gasteiger partial charge in [-0.25, -0.2) is 0 Å². The minimum Gasteiger partial charge on any atom is -0.370 e. The Bertz CT molecular complexity index is 301. The number of rotatable bonds is 3. The molecule has 3 nitrogen and oxygen atoms in total. The fraction of sp³-hybridized carbons (Fsp3) is 0.929. The van der Waals surface area contributed by atoms with E-state index in [-0.39, 0.29) is 0 Å². The molecule has 0 heterocycles. The number of nitrogens with two attached hydrogens (primary N) is 1. The lowest BCUT2D eigenvalue weighted by molar-refractivity contribution is 0.0871. The predicted octanol–water partition coefficient (Wildman–Crippen LogP) is 2.41. The molecule has 3 aliphatic carbocycles. The van der Waals surface area contributed by atoms with Crippen molar-refractivity contribution in [3.05, 3.63) is 0 Å². The zero-order chi connectivity index (χ0) is 11.7. The van der Waals surface area contributed by atoms with E-state index in [1.54, 1.807) is 0 Å². The molecular weight excluding hydrogens is 210 g/mol. The molecule has 3 rings (SSSR count). The highest BCUT2D eigenvalue weighted by atomic mass is 15.1. The molecule has 0 aliphatic heterocycles. The standard InChI is InChI=1S/C14H25N3/c15-13(16-10-11-4-3-5-11)17-12-6-9-14(12)7-1-2-8-14/h11-12H,1-10H2,(H3,15,16,17). The van der Waals surface area contributed by atoms with Gasteiger partial charge in [-0.2, -0.15) is 0 Å². The van der Waals surface area contributed by atoms with E-state index < -0.39 is 0 Å². The van der Waals surface area contributed by atoms with Crippen LogP contribution in [0.3, 0.4) is 0 Å². The maximum absolute atomic E-state index is 6.00. The van der Waals surface area contributed by atoms with Gasteiger partial charge in [0.2, 0.25) is 0 Å². The van der Waals surface area contributed by atoms with E-state index in [2.05, 4.69) is 10.3 Å². The molecule has 1 spiro atoms. The molecule has 0 bridgehead atoms. The van der Waals surface area contributed by atoms with Gasteiger partial charge >= 0.3 is 0 Å². The first-order chi connectivity index (χ1) is 8.28. The molecule has 3 aliphatic rings. The Morgan fingerprint density at radius 3 is 2.41 bits per heavy atom. The molecule has 3 heteroatoms. The van der Waals surface area contributed by atoms with Crippen molar-refractivity contribution in [3.8, 4) is 0 Å². The fourth-order valence-corrected chi connectivity index (χ4v) is 3.73. The number of hydrogen-bond acceptors (Lipinski definition) is 1. The Labute approximate surface area is 104 Å². The molecular formula is C14H25N3. The first-order valence-corrected chi connectivity index (χ1v) is 7.35. The number of hydrogen-bond donors (Lipinski definition) is 2. The average Bonchev–Trinajstić information content (AvgIpc) is 2.73. The van der Waals surface area contributed by atoms with E-state index >= 15 is 0 Å². The van der Waals surface area contributed by atoms with Crippen LogP contribution < -0.4 is 11.1 Å². The van der Waals surface area contributed by atoms with Crippen molar-refractivity contribution < 1.29 is 0 Å². The van der Waals surface area contributed by atoms with Crippen LogP contribution >= 0.6 is 0 Å². The zero-order valence-electron chi connectivity index (χ0n) is 10.8. The van der Waals surface area contributed by atoms with Gasteiger partial charge in [0.05, 0.1) is 0 Å². The third-order valence-corrected chi connectivity index (χ3v) is 5.34. The molecule has 3 N–H and O–H groups in total. The highest BCUT2D eigenvalue weighted by Crippen LogP contribution is 2.53. The second-order valence-electron chi connectivity index (χ2n) is 6.33. The van der Waals surface area contributed by atoms with Crippen LogP contribution in [0.5, 0.6) is 0 Å². The second-order valence-corrected chi connectivity index (χ2v) is 6.33. The summed E-state index contributed by atoms with van der Waals surface area (Å²) in [4.78, 5) is 4.51. The maximum Gasteiger partial charge on any atom is 0.188 e. The third kappa shape index (κ3) is 2.16. The quantitative estimate of drug-likeness (QED) is 0.583. The molecule has 0 amide bonds. The lowest BCUT2D eigenvalue weighted by Gasteiger charge is -2.48. The zero-order valence-corrected chi connectivity index (χ0v) is 10.8. The van der Waals surface area contributed by atoms with Gasteiger partial charge in [-0.05, 0) is 49.9 Å². The van der Waals surface area contributed by atoms with Crippen molar-refractivity contribution in [3.63, 3.8) is 0 Å². The van der Waals surface area contributed by atoms with Gasteiger partial charge in [0, 0.05) is 12.6 Å². The van der Waals surface area contributed by atoms with Crippen LogP contribution in [-0.2, 0) is 0 Å². The number of nitrogens with one attached hydrogen (secondary N) is 1. The average molecular weight is 235 g/mol. The molecule has 1 atom stereocenters. The molecule has 0 radical (unpaired) electrons. The summed E-state index contributed by atoms with van der Waals surface area (Å²) < 4.78 is 0. The summed E-state index contributed by atoms with van der Waals surface area (Å²) in [6.45, 7) is 0.943. The summed E-state index contributed by atoms with van der Waals surface area (Å²) >= 11 is 0. The van der Waals surface area contributed by atoms with Gasteiger partial charge in [0.1, 0.15) is 0 Å². The Balaban J connectivity index is 1.48. The molecule has 1 unspecified atom stereocenters. The summed E-state index contributed by atoms with van der Waals surface area (Å²) in [5, 5.41) is 3.48. The second kappa shape index (κ2) is 4.51. The van der Waals surface area contributed by atoms with Gasteiger partial charge in [-0.3, -0.25) is 4.99 Å². The number of aliphatic imine (C=N–C) groups is 1.